The molecule has 0 aromatic heterocycles. The van der Waals surface area contributed by atoms with Gasteiger partial charge in [-0.25, -0.2) is 0 Å². The third-order valence-electron chi connectivity index (χ3n) is 3.93. The van der Waals surface area contributed by atoms with Gasteiger partial charge in [-0.2, -0.15) is 0 Å². The molecule has 1 rings (SSSR count). The Hall–Kier alpha value is -0.0800. The molecule has 1 saturated carbocycles. The molecule has 90 valence electrons. The molecule has 0 aromatic carbocycles. The molecule has 0 aromatic rings. The van der Waals surface area contributed by atoms with Crippen LogP contribution in [0.3, 0.4) is 0 Å². The Bertz CT molecular complexity index is 181. The van der Waals surface area contributed by atoms with E-state index in [0.717, 1.165) is 6.04 Å². The fourth-order valence-electron chi connectivity index (χ4n) is 2.75. The van der Waals surface area contributed by atoms with Crippen LogP contribution in [0.15, 0.2) is 0 Å². The van der Waals surface area contributed by atoms with Crippen molar-refractivity contribution < 1.29 is 4.74 Å². The second kappa shape index (κ2) is 5.86. The molecule has 0 radical (unpaired) electrons. The largest absolute Gasteiger partial charge is 0.378 e. The molecule has 1 fully saturated rings. The molecule has 2 atom stereocenters. The standard InChI is InChI=1S/C13H27NO/c1-5-6-9-13(15-4)10-7-8-12(11-13)14(2)3/h12H,5-11H2,1-4H3/t12-,13+/m0/s1. The summed E-state index contributed by atoms with van der Waals surface area (Å²) in [4.78, 5) is 2.36. The van der Waals surface area contributed by atoms with E-state index >= 15 is 0 Å². The minimum atomic E-state index is 0.184. The monoisotopic (exact) mass is 213 g/mol. The third-order valence-corrected chi connectivity index (χ3v) is 3.93. The molecule has 0 saturated heterocycles. The SMILES string of the molecule is CCCC[C@@]1(OC)CCC[C@H](N(C)C)C1. The summed E-state index contributed by atoms with van der Waals surface area (Å²) in [6, 6.07) is 0.718. The highest BCUT2D eigenvalue weighted by atomic mass is 16.5. The van der Waals surface area contributed by atoms with E-state index < -0.39 is 0 Å². The van der Waals surface area contributed by atoms with Gasteiger partial charge in [0, 0.05) is 13.2 Å². The summed E-state index contributed by atoms with van der Waals surface area (Å²) < 4.78 is 5.83. The molecule has 15 heavy (non-hydrogen) atoms. The number of methoxy groups -OCH3 is 1. The van der Waals surface area contributed by atoms with Crippen molar-refractivity contribution in [2.45, 2.75) is 63.5 Å². The maximum Gasteiger partial charge on any atom is 0.0693 e. The van der Waals surface area contributed by atoms with Crippen molar-refractivity contribution in [1.82, 2.24) is 4.90 Å². The minimum Gasteiger partial charge on any atom is -0.378 e. The fourth-order valence-corrected chi connectivity index (χ4v) is 2.75. The van der Waals surface area contributed by atoms with Gasteiger partial charge in [0.05, 0.1) is 5.60 Å². The van der Waals surface area contributed by atoms with E-state index in [-0.39, 0.29) is 5.60 Å². The van der Waals surface area contributed by atoms with Crippen molar-refractivity contribution in [1.29, 1.82) is 0 Å². The molecule has 0 N–H and O–H groups in total. The summed E-state index contributed by atoms with van der Waals surface area (Å²) in [5, 5.41) is 0. The third kappa shape index (κ3) is 3.46. The van der Waals surface area contributed by atoms with E-state index in [4.69, 9.17) is 4.74 Å². The normalized spacial score (nSPS) is 32.2. The van der Waals surface area contributed by atoms with Crippen LogP contribution in [-0.4, -0.2) is 37.7 Å². The van der Waals surface area contributed by atoms with Gasteiger partial charge in [-0.15, -0.1) is 0 Å². The van der Waals surface area contributed by atoms with Crippen LogP contribution >= 0.6 is 0 Å². The van der Waals surface area contributed by atoms with Gasteiger partial charge in [0.1, 0.15) is 0 Å². The van der Waals surface area contributed by atoms with Crippen LogP contribution < -0.4 is 0 Å². The van der Waals surface area contributed by atoms with Crippen molar-refractivity contribution in [2.24, 2.45) is 0 Å². The number of hydrogen-bond donors (Lipinski definition) is 0. The summed E-state index contributed by atoms with van der Waals surface area (Å²) in [5.41, 5.74) is 0.184. The van der Waals surface area contributed by atoms with Gasteiger partial charge in [0.25, 0.3) is 0 Å². The quantitative estimate of drug-likeness (QED) is 0.696. The lowest BCUT2D eigenvalue weighted by atomic mass is 9.78. The summed E-state index contributed by atoms with van der Waals surface area (Å²) in [5.74, 6) is 0. The molecule has 0 unspecified atom stereocenters. The number of hydrogen-bond acceptors (Lipinski definition) is 2. The van der Waals surface area contributed by atoms with E-state index in [1.165, 1.54) is 44.9 Å². The van der Waals surface area contributed by atoms with Crippen molar-refractivity contribution in [3.05, 3.63) is 0 Å². The van der Waals surface area contributed by atoms with E-state index in [0.29, 0.717) is 0 Å². The average molecular weight is 213 g/mol. The van der Waals surface area contributed by atoms with E-state index in [2.05, 4.69) is 25.9 Å². The lowest BCUT2D eigenvalue weighted by molar-refractivity contribution is -0.0657. The molecule has 0 spiro atoms. The molecular formula is C13H27NO. The highest BCUT2D eigenvalue weighted by molar-refractivity contribution is 4.90. The fraction of sp³-hybridized carbons (Fsp3) is 1.00. The maximum absolute atomic E-state index is 5.83. The van der Waals surface area contributed by atoms with Crippen molar-refractivity contribution in [2.75, 3.05) is 21.2 Å². The van der Waals surface area contributed by atoms with Crippen molar-refractivity contribution in [3.63, 3.8) is 0 Å². The Labute approximate surface area is 95.0 Å². The topological polar surface area (TPSA) is 12.5 Å². The molecular weight excluding hydrogens is 186 g/mol. The molecule has 1 aliphatic rings. The first-order chi connectivity index (χ1) is 7.13. The lowest BCUT2D eigenvalue weighted by Gasteiger charge is -2.42. The molecule has 2 heteroatoms. The van der Waals surface area contributed by atoms with Crippen LogP contribution in [0.2, 0.25) is 0 Å². The summed E-state index contributed by atoms with van der Waals surface area (Å²) in [6.07, 6.45) is 8.95. The molecule has 0 amide bonds. The predicted octanol–water partition coefficient (Wildman–Crippen LogP) is 3.07. The summed E-state index contributed by atoms with van der Waals surface area (Å²) >= 11 is 0. The molecule has 2 nitrogen and oxygen atoms in total. The number of rotatable bonds is 5. The predicted molar refractivity (Wildman–Crippen MR) is 65.2 cm³/mol. The number of ether oxygens (including phenoxy) is 1. The van der Waals surface area contributed by atoms with Gasteiger partial charge < -0.3 is 9.64 Å². The van der Waals surface area contributed by atoms with Crippen LogP contribution in [0.4, 0.5) is 0 Å². The summed E-state index contributed by atoms with van der Waals surface area (Å²) in [7, 11) is 6.28. The van der Waals surface area contributed by atoms with Crippen LogP contribution in [0.25, 0.3) is 0 Å². The first-order valence-electron chi connectivity index (χ1n) is 6.35. The Morgan fingerprint density at radius 1 is 1.40 bits per heavy atom. The molecule has 0 heterocycles. The number of unbranched alkanes of at least 4 members (excludes halogenated alkanes) is 1. The van der Waals surface area contributed by atoms with Gasteiger partial charge in [0.2, 0.25) is 0 Å². The van der Waals surface area contributed by atoms with Gasteiger partial charge in [-0.3, -0.25) is 0 Å². The molecule has 0 bridgehead atoms. The lowest BCUT2D eigenvalue weighted by Crippen LogP contribution is -2.44. The maximum atomic E-state index is 5.83. The first kappa shape index (κ1) is 13.0. The van der Waals surface area contributed by atoms with Gasteiger partial charge in [-0.1, -0.05) is 19.8 Å². The van der Waals surface area contributed by atoms with Crippen LogP contribution in [0.5, 0.6) is 0 Å². The first-order valence-corrected chi connectivity index (χ1v) is 6.35. The zero-order valence-corrected chi connectivity index (χ0v) is 10.9. The molecule has 0 aliphatic heterocycles. The highest BCUT2D eigenvalue weighted by Crippen LogP contribution is 2.36. The van der Waals surface area contributed by atoms with Crippen LogP contribution in [-0.2, 0) is 4.74 Å². The average Bonchev–Trinajstić information content (AvgIpc) is 2.26. The van der Waals surface area contributed by atoms with Crippen molar-refractivity contribution in [3.8, 4) is 0 Å². The second-order valence-electron chi connectivity index (χ2n) is 5.20. The smallest absolute Gasteiger partial charge is 0.0693 e. The Morgan fingerprint density at radius 3 is 2.67 bits per heavy atom. The Morgan fingerprint density at radius 2 is 2.13 bits per heavy atom. The van der Waals surface area contributed by atoms with Gasteiger partial charge in [0.15, 0.2) is 0 Å². The Kier molecular flexibility index (Phi) is 5.07. The summed E-state index contributed by atoms with van der Waals surface area (Å²) in [6.45, 7) is 2.26. The van der Waals surface area contributed by atoms with Crippen LogP contribution in [0, 0.1) is 0 Å². The van der Waals surface area contributed by atoms with Gasteiger partial charge in [-0.05, 0) is 46.2 Å². The zero-order chi connectivity index (χ0) is 11.3. The van der Waals surface area contributed by atoms with Gasteiger partial charge >= 0.3 is 0 Å². The Balaban J connectivity index is 2.55. The minimum absolute atomic E-state index is 0.184. The highest BCUT2D eigenvalue weighted by Gasteiger charge is 2.36. The second-order valence-corrected chi connectivity index (χ2v) is 5.20. The van der Waals surface area contributed by atoms with E-state index in [9.17, 15) is 0 Å². The zero-order valence-electron chi connectivity index (χ0n) is 10.9. The van der Waals surface area contributed by atoms with Crippen LogP contribution in [0.1, 0.15) is 51.9 Å². The van der Waals surface area contributed by atoms with E-state index in [1.807, 2.05) is 7.11 Å². The van der Waals surface area contributed by atoms with Crippen molar-refractivity contribution >= 4 is 0 Å². The molecule has 1 aliphatic carbocycles. The van der Waals surface area contributed by atoms with E-state index in [1.54, 1.807) is 0 Å². The number of nitrogens with zero attached hydrogens (tertiary/aromatic N) is 1.